The van der Waals surface area contributed by atoms with E-state index in [1.165, 1.54) is 0 Å². The maximum atomic E-state index is 13.3. The molecule has 2 aromatic carbocycles. The Hall–Kier alpha value is -3.13. The molecule has 0 saturated heterocycles. The number of hydrogen-bond donors (Lipinski definition) is 1. The SMILES string of the molecule is O=C(COC(=O)C1(Cc2nc3ccccc3s2)CCCCC1)Nc1ccc2c(c1)OCCCO2. The van der Waals surface area contributed by atoms with Gasteiger partial charge in [-0.15, -0.1) is 11.3 Å². The van der Waals surface area contributed by atoms with Gasteiger partial charge in [-0.2, -0.15) is 0 Å². The van der Waals surface area contributed by atoms with E-state index in [4.69, 9.17) is 19.2 Å². The zero-order valence-electron chi connectivity index (χ0n) is 19.0. The summed E-state index contributed by atoms with van der Waals surface area (Å²) in [6, 6.07) is 13.3. The third kappa shape index (κ3) is 5.01. The fourth-order valence-electron chi connectivity index (χ4n) is 4.69. The summed E-state index contributed by atoms with van der Waals surface area (Å²) in [7, 11) is 0. The third-order valence-electron chi connectivity index (χ3n) is 6.44. The largest absolute Gasteiger partial charge is 0.490 e. The molecular formula is C26H28N2O5S. The molecule has 5 rings (SSSR count). The molecule has 34 heavy (non-hydrogen) atoms. The third-order valence-corrected chi connectivity index (χ3v) is 7.47. The Morgan fingerprint density at radius 2 is 1.79 bits per heavy atom. The Labute approximate surface area is 202 Å². The van der Waals surface area contributed by atoms with Gasteiger partial charge in [0.2, 0.25) is 0 Å². The van der Waals surface area contributed by atoms with Crippen molar-refractivity contribution >= 4 is 39.1 Å². The lowest BCUT2D eigenvalue weighted by Gasteiger charge is -2.34. The van der Waals surface area contributed by atoms with Crippen molar-refractivity contribution in [2.45, 2.75) is 44.9 Å². The van der Waals surface area contributed by atoms with Crippen molar-refractivity contribution in [3.05, 3.63) is 47.5 Å². The number of ether oxygens (including phenoxy) is 3. The lowest BCUT2D eigenvalue weighted by atomic mass is 9.72. The van der Waals surface area contributed by atoms with Crippen LogP contribution >= 0.6 is 11.3 Å². The number of rotatable bonds is 6. The Balaban J connectivity index is 1.23. The fourth-order valence-corrected chi connectivity index (χ4v) is 5.80. The minimum Gasteiger partial charge on any atom is -0.490 e. The van der Waals surface area contributed by atoms with Crippen molar-refractivity contribution in [3.63, 3.8) is 0 Å². The Bertz CT molecular complexity index is 1150. The standard InChI is InChI=1S/C26H28N2O5S/c29-23(27-18-9-10-20-21(15-18)32-14-6-13-31-20)17-33-25(30)26(11-4-1-5-12-26)16-24-28-19-7-2-3-8-22(19)34-24/h2-3,7-10,15H,1,4-6,11-14,16-17H2,(H,27,29). The number of thiazole rings is 1. The van der Waals surface area contributed by atoms with Crippen LogP contribution < -0.4 is 14.8 Å². The molecular weight excluding hydrogens is 452 g/mol. The van der Waals surface area contributed by atoms with Crippen molar-refractivity contribution in [1.82, 2.24) is 4.98 Å². The highest BCUT2D eigenvalue weighted by molar-refractivity contribution is 7.18. The van der Waals surface area contributed by atoms with E-state index in [1.54, 1.807) is 29.5 Å². The summed E-state index contributed by atoms with van der Waals surface area (Å²) in [6.07, 6.45) is 5.93. The number of hydrogen-bond acceptors (Lipinski definition) is 7. The van der Waals surface area contributed by atoms with Crippen LogP contribution in [-0.2, 0) is 20.7 Å². The lowest BCUT2D eigenvalue weighted by molar-refractivity contribution is -0.160. The predicted octanol–water partition coefficient (Wildman–Crippen LogP) is 5.13. The maximum absolute atomic E-state index is 13.3. The molecule has 1 fully saturated rings. The first-order chi connectivity index (χ1) is 16.6. The van der Waals surface area contributed by atoms with Gasteiger partial charge in [-0.3, -0.25) is 9.59 Å². The van der Waals surface area contributed by atoms with E-state index >= 15 is 0 Å². The molecule has 1 N–H and O–H groups in total. The summed E-state index contributed by atoms with van der Waals surface area (Å²) in [5, 5.41) is 3.73. The van der Waals surface area contributed by atoms with Crippen LogP contribution in [0.15, 0.2) is 42.5 Å². The number of benzene rings is 2. The normalized spacial score (nSPS) is 17.1. The molecule has 1 aromatic heterocycles. The molecule has 3 aromatic rings. The highest BCUT2D eigenvalue weighted by Crippen LogP contribution is 2.41. The molecule has 178 valence electrons. The monoisotopic (exact) mass is 480 g/mol. The zero-order chi connectivity index (χ0) is 23.4. The van der Waals surface area contributed by atoms with Gasteiger partial charge in [0.15, 0.2) is 18.1 Å². The van der Waals surface area contributed by atoms with Crippen LogP contribution in [0.2, 0.25) is 0 Å². The molecule has 0 bridgehead atoms. The Kier molecular flexibility index (Phi) is 6.67. The number of nitrogens with one attached hydrogen (secondary N) is 1. The minimum absolute atomic E-state index is 0.305. The number of carbonyl (C=O) groups is 2. The van der Waals surface area contributed by atoms with Gasteiger partial charge in [0, 0.05) is 24.6 Å². The first-order valence-electron chi connectivity index (χ1n) is 11.8. The van der Waals surface area contributed by atoms with Crippen LogP contribution in [0, 0.1) is 5.41 Å². The van der Waals surface area contributed by atoms with Crippen molar-refractivity contribution in [2.75, 3.05) is 25.1 Å². The Morgan fingerprint density at radius 1 is 1.00 bits per heavy atom. The zero-order valence-corrected chi connectivity index (χ0v) is 19.8. The quantitative estimate of drug-likeness (QED) is 0.492. The smallest absolute Gasteiger partial charge is 0.313 e. The van der Waals surface area contributed by atoms with Crippen molar-refractivity contribution in [3.8, 4) is 11.5 Å². The van der Waals surface area contributed by atoms with Gasteiger partial charge in [0.25, 0.3) is 5.91 Å². The molecule has 0 radical (unpaired) electrons. The summed E-state index contributed by atoms with van der Waals surface area (Å²) in [5.41, 5.74) is 0.908. The van der Waals surface area contributed by atoms with Gasteiger partial charge in [0.05, 0.1) is 33.9 Å². The van der Waals surface area contributed by atoms with Crippen LogP contribution in [-0.4, -0.2) is 36.7 Å². The van der Waals surface area contributed by atoms with Crippen molar-refractivity contribution in [2.24, 2.45) is 5.41 Å². The number of anilines is 1. The topological polar surface area (TPSA) is 86.8 Å². The number of fused-ring (bicyclic) bond motifs is 2. The number of nitrogens with zero attached hydrogens (tertiary/aromatic N) is 1. The van der Waals surface area contributed by atoms with E-state index in [0.29, 0.717) is 36.8 Å². The summed E-state index contributed by atoms with van der Waals surface area (Å²) in [6.45, 7) is 0.848. The van der Waals surface area contributed by atoms with Gasteiger partial charge in [-0.05, 0) is 37.1 Å². The highest BCUT2D eigenvalue weighted by Gasteiger charge is 2.42. The number of carbonyl (C=O) groups excluding carboxylic acids is 2. The van der Waals surface area contributed by atoms with E-state index in [9.17, 15) is 9.59 Å². The van der Waals surface area contributed by atoms with Crippen LogP contribution in [0.4, 0.5) is 5.69 Å². The molecule has 0 unspecified atom stereocenters. The van der Waals surface area contributed by atoms with E-state index < -0.39 is 5.41 Å². The number of amides is 1. The Morgan fingerprint density at radius 3 is 2.62 bits per heavy atom. The lowest BCUT2D eigenvalue weighted by Crippen LogP contribution is -2.38. The number of aromatic nitrogens is 1. The summed E-state index contributed by atoms with van der Waals surface area (Å²) in [5.74, 6) is 0.578. The van der Waals surface area contributed by atoms with Crippen molar-refractivity contribution < 1.29 is 23.8 Å². The van der Waals surface area contributed by atoms with Gasteiger partial charge in [0.1, 0.15) is 0 Å². The fraction of sp³-hybridized carbons (Fsp3) is 0.423. The van der Waals surface area contributed by atoms with Crippen LogP contribution in [0.1, 0.15) is 43.5 Å². The maximum Gasteiger partial charge on any atom is 0.313 e. The molecule has 8 heteroatoms. The molecule has 7 nitrogen and oxygen atoms in total. The molecule has 1 aliphatic heterocycles. The molecule has 0 atom stereocenters. The first kappa shape index (κ1) is 22.7. The summed E-state index contributed by atoms with van der Waals surface area (Å²) >= 11 is 1.63. The predicted molar refractivity (Wildman–Crippen MR) is 130 cm³/mol. The summed E-state index contributed by atoms with van der Waals surface area (Å²) in [4.78, 5) is 30.5. The van der Waals surface area contributed by atoms with Gasteiger partial charge < -0.3 is 19.5 Å². The van der Waals surface area contributed by atoms with E-state index in [1.807, 2.05) is 24.3 Å². The van der Waals surface area contributed by atoms with E-state index in [2.05, 4.69) is 5.32 Å². The molecule has 1 saturated carbocycles. The second-order valence-electron chi connectivity index (χ2n) is 8.93. The molecule has 1 aliphatic carbocycles. The second-order valence-corrected chi connectivity index (χ2v) is 10.0. The molecule has 1 amide bonds. The van der Waals surface area contributed by atoms with Gasteiger partial charge in [-0.25, -0.2) is 4.98 Å². The average molecular weight is 481 g/mol. The van der Waals surface area contributed by atoms with E-state index in [-0.39, 0.29) is 18.5 Å². The molecule has 2 heterocycles. The van der Waals surface area contributed by atoms with Crippen molar-refractivity contribution in [1.29, 1.82) is 0 Å². The highest BCUT2D eigenvalue weighted by atomic mass is 32.1. The first-order valence-corrected chi connectivity index (χ1v) is 12.6. The molecule has 0 spiro atoms. The van der Waals surface area contributed by atoms with Crippen LogP contribution in [0.3, 0.4) is 0 Å². The van der Waals surface area contributed by atoms with Gasteiger partial charge in [-0.1, -0.05) is 31.4 Å². The second kappa shape index (κ2) is 10.0. The average Bonchev–Trinajstić information content (AvgIpc) is 3.11. The van der Waals surface area contributed by atoms with E-state index in [0.717, 1.165) is 53.7 Å². The number of para-hydroxylation sites is 1. The van der Waals surface area contributed by atoms with Gasteiger partial charge >= 0.3 is 5.97 Å². The van der Waals surface area contributed by atoms with Crippen LogP contribution in [0.5, 0.6) is 11.5 Å². The number of esters is 1. The van der Waals surface area contributed by atoms with Crippen LogP contribution in [0.25, 0.3) is 10.2 Å². The minimum atomic E-state index is -0.623. The molecule has 2 aliphatic rings. The summed E-state index contributed by atoms with van der Waals surface area (Å²) < 4.78 is 18.0.